The normalized spacial score (nSPS) is 14.9. The van der Waals surface area contributed by atoms with Gasteiger partial charge in [-0.15, -0.1) is 0 Å². The minimum Gasteiger partial charge on any atom is -0.456 e. The maximum Gasteiger partial charge on any atom is 0.135 e. The number of anilines is 2. The van der Waals surface area contributed by atoms with Crippen LogP contribution in [0.3, 0.4) is 0 Å². The fourth-order valence-corrected chi connectivity index (χ4v) is 7.40. The van der Waals surface area contributed by atoms with Gasteiger partial charge < -0.3 is 15.1 Å². The lowest BCUT2D eigenvalue weighted by molar-refractivity contribution is 0.197. The van der Waals surface area contributed by atoms with Crippen molar-refractivity contribution in [3.63, 3.8) is 0 Å². The summed E-state index contributed by atoms with van der Waals surface area (Å²) >= 11 is 0. The standard InChI is InChI=1S/C42H36N4O.C7H8/c1-28-34-13-4-2-10-30(34)12-8-9-25-45(38-24-20-31-11-3-5-14-35(31)41(28)38)33-21-17-29(18-22-33)27-46(44)42(43)32-19-23-37-36-15-6-7-16-39(36)47-40(37)26-32;1-7-5-3-2-4-6-7/h2-7,9-26,42H,8,27,43-44H2,1H3;2-6H,1H3/b25-9?,30-12-,34-28+;. The third-order valence-corrected chi connectivity index (χ3v) is 10.3. The molecule has 7 aromatic carbocycles. The van der Waals surface area contributed by atoms with Crippen molar-refractivity contribution in [2.45, 2.75) is 33.0 Å². The summed E-state index contributed by atoms with van der Waals surface area (Å²) in [5, 5.41) is 8.83. The molecule has 0 saturated heterocycles. The van der Waals surface area contributed by atoms with Gasteiger partial charge in [-0.2, -0.15) is 0 Å². The van der Waals surface area contributed by atoms with E-state index in [4.69, 9.17) is 16.0 Å². The van der Waals surface area contributed by atoms with Crippen LogP contribution in [-0.2, 0) is 6.54 Å². The molecule has 8 aromatic rings. The van der Waals surface area contributed by atoms with E-state index in [9.17, 15) is 0 Å². The number of hydrogen-bond donors (Lipinski definition) is 2. The van der Waals surface area contributed by atoms with Gasteiger partial charge in [0.25, 0.3) is 0 Å². The number of para-hydroxylation sites is 1. The first-order valence-corrected chi connectivity index (χ1v) is 18.5. The summed E-state index contributed by atoms with van der Waals surface area (Å²) in [7, 11) is 0. The number of hydrazine groups is 1. The van der Waals surface area contributed by atoms with Gasteiger partial charge in [0.1, 0.15) is 11.2 Å². The number of allylic oxidation sites excluding steroid dienone is 1. The molecule has 1 aliphatic heterocycles. The largest absolute Gasteiger partial charge is 0.456 e. The summed E-state index contributed by atoms with van der Waals surface area (Å²) in [4.78, 5) is 2.30. The number of fused-ring (bicyclic) bond motifs is 7. The van der Waals surface area contributed by atoms with Gasteiger partial charge in [-0.25, -0.2) is 5.01 Å². The van der Waals surface area contributed by atoms with E-state index in [1.807, 2.05) is 48.5 Å². The zero-order valence-corrected chi connectivity index (χ0v) is 30.7. The van der Waals surface area contributed by atoms with Crippen LogP contribution in [0.4, 0.5) is 11.4 Å². The van der Waals surface area contributed by atoms with Crippen molar-refractivity contribution in [3.05, 3.63) is 203 Å². The van der Waals surface area contributed by atoms with Crippen LogP contribution in [0.15, 0.2) is 174 Å². The van der Waals surface area contributed by atoms with E-state index in [-0.39, 0.29) is 0 Å². The van der Waals surface area contributed by atoms with Crippen LogP contribution in [0.5, 0.6) is 0 Å². The van der Waals surface area contributed by atoms with Crippen molar-refractivity contribution in [3.8, 4) is 0 Å². The van der Waals surface area contributed by atoms with E-state index in [0.717, 1.165) is 50.9 Å². The van der Waals surface area contributed by atoms with Gasteiger partial charge in [-0.05, 0) is 88.5 Å². The number of nitrogens with zero attached hydrogens (tertiary/aromatic N) is 2. The van der Waals surface area contributed by atoms with Gasteiger partial charge in [0.15, 0.2) is 0 Å². The van der Waals surface area contributed by atoms with E-state index >= 15 is 0 Å². The summed E-state index contributed by atoms with van der Waals surface area (Å²) in [6, 6.07) is 54.8. The number of benzene rings is 7. The van der Waals surface area contributed by atoms with Gasteiger partial charge in [0.2, 0.25) is 0 Å². The molecule has 1 atom stereocenters. The van der Waals surface area contributed by atoms with Crippen molar-refractivity contribution < 1.29 is 4.42 Å². The molecule has 1 aliphatic rings. The monoisotopic (exact) mass is 704 g/mol. The molecule has 0 bridgehead atoms. The lowest BCUT2D eigenvalue weighted by Gasteiger charge is -2.27. The quantitative estimate of drug-likeness (QED) is 0.106. The number of aryl methyl sites for hydroxylation is 1. The summed E-state index contributed by atoms with van der Waals surface area (Å²) in [6.07, 6.45) is 7.07. The van der Waals surface area contributed by atoms with Crippen LogP contribution >= 0.6 is 0 Å². The van der Waals surface area contributed by atoms with Crippen molar-refractivity contribution in [1.29, 1.82) is 0 Å². The molecular weight excluding hydrogens is 661 g/mol. The van der Waals surface area contributed by atoms with Crippen LogP contribution in [0.2, 0.25) is 0 Å². The molecule has 1 aromatic heterocycles. The van der Waals surface area contributed by atoms with Gasteiger partial charge in [0.05, 0.1) is 11.9 Å². The Balaban J connectivity index is 0.000000533. The number of furan rings is 1. The summed E-state index contributed by atoms with van der Waals surface area (Å²) in [5.74, 6) is 6.57. The Morgan fingerprint density at radius 3 is 2.19 bits per heavy atom. The molecule has 266 valence electrons. The molecule has 54 heavy (non-hydrogen) atoms. The van der Waals surface area contributed by atoms with Crippen molar-refractivity contribution in [1.82, 2.24) is 5.01 Å². The Hall–Kier alpha value is -6.24. The van der Waals surface area contributed by atoms with Crippen LogP contribution in [0, 0.1) is 6.92 Å². The van der Waals surface area contributed by atoms with Crippen LogP contribution < -0.4 is 26.9 Å². The highest BCUT2D eigenvalue weighted by Gasteiger charge is 2.19. The maximum absolute atomic E-state index is 6.66. The average molecular weight is 705 g/mol. The molecule has 0 amide bonds. The topological polar surface area (TPSA) is 71.7 Å². The first kappa shape index (κ1) is 34.8. The third-order valence-electron chi connectivity index (χ3n) is 10.3. The van der Waals surface area contributed by atoms with Gasteiger partial charge in [-0.3, -0.25) is 5.84 Å². The average Bonchev–Trinajstić information content (AvgIpc) is 3.59. The number of rotatable bonds is 5. The van der Waals surface area contributed by atoms with Crippen LogP contribution in [0.1, 0.15) is 41.8 Å². The van der Waals surface area contributed by atoms with Crippen molar-refractivity contribution >= 4 is 55.7 Å². The number of hydrogen-bond acceptors (Lipinski definition) is 5. The summed E-state index contributed by atoms with van der Waals surface area (Å²) in [5.41, 5.74) is 16.4. The summed E-state index contributed by atoms with van der Waals surface area (Å²) < 4.78 is 6.09. The third kappa shape index (κ3) is 7.08. The SMILES string of the molecule is C/C1=c2/cccc/c2=C/CC=CN(c2ccc(CN(N)C(N)c3ccc4c(c3)oc3ccccc34)cc2)c2ccc3ccccc3c21.Cc1ccccc1. The van der Waals surface area contributed by atoms with E-state index in [2.05, 4.69) is 146 Å². The molecule has 4 N–H and O–H groups in total. The second-order valence-electron chi connectivity index (χ2n) is 13.9. The fraction of sp³-hybridized carbons (Fsp3) is 0.102. The van der Waals surface area contributed by atoms with E-state index in [1.165, 1.54) is 37.9 Å². The highest BCUT2D eigenvalue weighted by atomic mass is 16.3. The Labute approximate surface area is 316 Å². The predicted octanol–water partition coefficient (Wildman–Crippen LogP) is 10.1. The Morgan fingerprint density at radius 1 is 0.685 bits per heavy atom. The molecule has 0 saturated carbocycles. The molecule has 1 unspecified atom stereocenters. The van der Waals surface area contributed by atoms with E-state index in [0.29, 0.717) is 6.54 Å². The molecule has 2 heterocycles. The van der Waals surface area contributed by atoms with Crippen LogP contribution in [0.25, 0.3) is 44.4 Å². The molecule has 9 rings (SSSR count). The maximum atomic E-state index is 6.66. The smallest absolute Gasteiger partial charge is 0.135 e. The number of nitrogens with two attached hydrogens (primary N) is 2. The Kier molecular flexibility index (Phi) is 9.93. The van der Waals surface area contributed by atoms with Crippen molar-refractivity contribution in [2.24, 2.45) is 11.6 Å². The zero-order chi connectivity index (χ0) is 37.0. The van der Waals surface area contributed by atoms with Gasteiger partial charge >= 0.3 is 0 Å². The molecular formula is C49H44N4O. The van der Waals surface area contributed by atoms with E-state index in [1.54, 1.807) is 5.01 Å². The van der Waals surface area contributed by atoms with Crippen LogP contribution in [-0.4, -0.2) is 5.01 Å². The lowest BCUT2D eigenvalue weighted by Crippen LogP contribution is -2.39. The first-order valence-electron chi connectivity index (χ1n) is 18.5. The highest BCUT2D eigenvalue weighted by Crippen LogP contribution is 2.38. The molecule has 0 spiro atoms. The second-order valence-corrected chi connectivity index (χ2v) is 13.9. The van der Waals surface area contributed by atoms with Crippen molar-refractivity contribution in [2.75, 3.05) is 4.90 Å². The van der Waals surface area contributed by atoms with E-state index < -0.39 is 6.17 Å². The molecule has 0 fully saturated rings. The first-order chi connectivity index (χ1) is 26.4. The molecule has 5 heteroatoms. The molecule has 5 nitrogen and oxygen atoms in total. The minimum absolute atomic E-state index is 0.491. The zero-order valence-electron chi connectivity index (χ0n) is 30.7. The Morgan fingerprint density at radius 2 is 1.39 bits per heavy atom. The van der Waals surface area contributed by atoms with Gasteiger partial charge in [-0.1, -0.05) is 145 Å². The predicted molar refractivity (Wildman–Crippen MR) is 226 cm³/mol. The fourth-order valence-electron chi connectivity index (χ4n) is 7.40. The second kappa shape index (κ2) is 15.4. The lowest BCUT2D eigenvalue weighted by atomic mass is 9.94. The molecule has 0 aliphatic carbocycles. The Bertz CT molecular complexity index is 2730. The minimum atomic E-state index is -0.491. The highest BCUT2D eigenvalue weighted by molar-refractivity contribution is 6.05. The molecule has 0 radical (unpaired) electrons. The van der Waals surface area contributed by atoms with Gasteiger partial charge in [0, 0.05) is 34.8 Å². The summed E-state index contributed by atoms with van der Waals surface area (Å²) in [6.45, 7) is 4.82.